The molecule has 0 spiro atoms. The Labute approximate surface area is 232 Å². The predicted octanol–water partition coefficient (Wildman–Crippen LogP) is 10.9. The second-order valence-electron chi connectivity index (χ2n) is 10.4. The van der Waals surface area contributed by atoms with Crippen LogP contribution in [0.1, 0.15) is 0 Å². The molecule has 8 aromatic carbocycles. The summed E-state index contributed by atoms with van der Waals surface area (Å²) in [6.45, 7) is 0. The van der Waals surface area contributed by atoms with Gasteiger partial charge in [0.25, 0.3) is 0 Å². The summed E-state index contributed by atoms with van der Waals surface area (Å²) >= 11 is 0. The molecular formula is C38H26N2. The third-order valence-electron chi connectivity index (χ3n) is 7.94. The summed E-state index contributed by atoms with van der Waals surface area (Å²) in [5, 5.41) is 19.8. The first-order valence-electron chi connectivity index (χ1n) is 13.7. The van der Waals surface area contributed by atoms with Gasteiger partial charge >= 0.3 is 0 Å². The third kappa shape index (κ3) is 3.81. The molecule has 0 fully saturated rings. The first kappa shape index (κ1) is 22.6. The highest BCUT2D eigenvalue weighted by Gasteiger charge is 2.13. The number of hydrogen-bond acceptors (Lipinski definition) is 2. The zero-order valence-electron chi connectivity index (χ0n) is 21.9. The highest BCUT2D eigenvalue weighted by molar-refractivity contribution is 6.23. The van der Waals surface area contributed by atoms with Crippen LogP contribution in [0.3, 0.4) is 0 Å². The van der Waals surface area contributed by atoms with E-state index in [1.54, 1.807) is 0 Å². The van der Waals surface area contributed by atoms with Gasteiger partial charge in [-0.1, -0.05) is 109 Å². The van der Waals surface area contributed by atoms with E-state index in [1.165, 1.54) is 53.9 Å². The lowest BCUT2D eigenvalue weighted by Crippen LogP contribution is -1.95. The van der Waals surface area contributed by atoms with Crippen molar-refractivity contribution in [3.63, 3.8) is 0 Å². The normalized spacial score (nSPS) is 11.5. The molecule has 2 heteroatoms. The molecule has 0 bridgehead atoms. The minimum atomic E-state index is 1.09. The minimum Gasteiger partial charge on any atom is -0.355 e. The van der Waals surface area contributed by atoms with E-state index in [-0.39, 0.29) is 0 Å². The fraction of sp³-hybridized carbons (Fsp3) is 0. The third-order valence-corrected chi connectivity index (χ3v) is 7.94. The zero-order valence-corrected chi connectivity index (χ0v) is 21.9. The number of anilines is 4. The Bertz CT molecular complexity index is 2070. The van der Waals surface area contributed by atoms with Crippen LogP contribution in [-0.4, -0.2) is 0 Å². The molecule has 0 unspecified atom stereocenters. The second-order valence-corrected chi connectivity index (χ2v) is 10.4. The topological polar surface area (TPSA) is 24.1 Å². The van der Waals surface area contributed by atoms with Crippen LogP contribution in [0.5, 0.6) is 0 Å². The van der Waals surface area contributed by atoms with Gasteiger partial charge in [0.1, 0.15) is 0 Å². The van der Waals surface area contributed by atoms with Crippen LogP contribution in [0, 0.1) is 0 Å². The highest BCUT2D eigenvalue weighted by Crippen LogP contribution is 2.41. The van der Waals surface area contributed by atoms with Crippen molar-refractivity contribution in [3.8, 4) is 0 Å². The summed E-state index contributed by atoms with van der Waals surface area (Å²) in [4.78, 5) is 0. The van der Waals surface area contributed by atoms with Crippen molar-refractivity contribution in [3.05, 3.63) is 146 Å². The Balaban J connectivity index is 1.31. The molecule has 0 aliphatic heterocycles. The van der Waals surface area contributed by atoms with E-state index in [9.17, 15) is 0 Å². The average molecular weight is 511 g/mol. The number of rotatable bonds is 4. The lowest BCUT2D eigenvalue weighted by Gasteiger charge is -2.17. The SMILES string of the molecule is c1ccc2cc(Nc3cc4c5ccccc5c(Nc5ccc6ccccc6c5)cc4c4ccccc34)ccc2c1. The number of hydrogen-bond donors (Lipinski definition) is 2. The fourth-order valence-electron chi connectivity index (χ4n) is 6.00. The first-order valence-corrected chi connectivity index (χ1v) is 13.7. The lowest BCUT2D eigenvalue weighted by molar-refractivity contribution is 1.60. The van der Waals surface area contributed by atoms with Crippen molar-refractivity contribution in [2.75, 3.05) is 10.6 Å². The molecule has 8 rings (SSSR count). The van der Waals surface area contributed by atoms with Gasteiger partial charge in [-0.15, -0.1) is 0 Å². The zero-order chi connectivity index (χ0) is 26.5. The molecule has 0 atom stereocenters. The smallest absolute Gasteiger partial charge is 0.0470 e. The molecule has 0 heterocycles. The van der Waals surface area contributed by atoms with Crippen LogP contribution in [-0.2, 0) is 0 Å². The van der Waals surface area contributed by atoms with Crippen LogP contribution in [0.4, 0.5) is 22.7 Å². The molecule has 0 radical (unpaired) electrons. The molecule has 2 nitrogen and oxygen atoms in total. The molecule has 0 aliphatic rings. The van der Waals surface area contributed by atoms with E-state index < -0.39 is 0 Å². The molecule has 8 aromatic rings. The van der Waals surface area contributed by atoms with Crippen molar-refractivity contribution >= 4 is 76.6 Å². The second kappa shape index (κ2) is 9.14. The monoisotopic (exact) mass is 510 g/mol. The summed E-state index contributed by atoms with van der Waals surface area (Å²) in [7, 11) is 0. The van der Waals surface area contributed by atoms with E-state index in [0.29, 0.717) is 0 Å². The molecule has 0 aromatic heterocycles. The van der Waals surface area contributed by atoms with Crippen LogP contribution in [0.2, 0.25) is 0 Å². The van der Waals surface area contributed by atoms with Gasteiger partial charge in [0.15, 0.2) is 0 Å². The summed E-state index contributed by atoms with van der Waals surface area (Å²) in [5.41, 5.74) is 4.39. The number of benzene rings is 8. The lowest BCUT2D eigenvalue weighted by atomic mass is 9.94. The molecule has 188 valence electrons. The number of fused-ring (bicyclic) bond motifs is 7. The van der Waals surface area contributed by atoms with Crippen LogP contribution >= 0.6 is 0 Å². The van der Waals surface area contributed by atoms with E-state index in [0.717, 1.165) is 22.7 Å². The Morgan fingerprint density at radius 1 is 0.275 bits per heavy atom. The van der Waals surface area contributed by atoms with Crippen molar-refractivity contribution < 1.29 is 0 Å². The minimum absolute atomic E-state index is 1.09. The van der Waals surface area contributed by atoms with Crippen molar-refractivity contribution in [2.24, 2.45) is 0 Å². The maximum atomic E-state index is 3.75. The summed E-state index contributed by atoms with van der Waals surface area (Å²) in [5.74, 6) is 0. The van der Waals surface area contributed by atoms with Crippen molar-refractivity contribution in [1.29, 1.82) is 0 Å². The van der Waals surface area contributed by atoms with Gasteiger partial charge in [-0.3, -0.25) is 0 Å². The van der Waals surface area contributed by atoms with Gasteiger partial charge in [0.05, 0.1) is 0 Å². The Kier molecular flexibility index (Phi) is 5.17. The highest BCUT2D eigenvalue weighted by atomic mass is 14.9. The summed E-state index contributed by atoms with van der Waals surface area (Å²) in [6.07, 6.45) is 0. The van der Waals surface area contributed by atoms with E-state index >= 15 is 0 Å². The standard InChI is InChI=1S/C38H26N2/c1-3-11-27-21-29(19-17-25(27)9-1)39-37-23-35-32-14-6-8-16-34(32)38(24-36(35)31-13-5-7-15-33(31)37)40-30-20-18-26-10-2-4-12-28(26)22-30/h1-24,39-40H. The van der Waals surface area contributed by atoms with Crippen LogP contribution in [0.25, 0.3) is 53.9 Å². The first-order chi connectivity index (χ1) is 19.8. The molecular weight excluding hydrogens is 484 g/mol. The molecule has 40 heavy (non-hydrogen) atoms. The molecule has 0 aliphatic carbocycles. The van der Waals surface area contributed by atoms with Gasteiger partial charge < -0.3 is 10.6 Å². The average Bonchev–Trinajstić information content (AvgIpc) is 3.01. The van der Waals surface area contributed by atoms with Crippen molar-refractivity contribution in [1.82, 2.24) is 0 Å². The van der Waals surface area contributed by atoms with Gasteiger partial charge in [-0.2, -0.15) is 0 Å². The van der Waals surface area contributed by atoms with E-state index in [4.69, 9.17) is 0 Å². The fourth-order valence-corrected chi connectivity index (χ4v) is 6.00. The van der Waals surface area contributed by atoms with Crippen LogP contribution in [0.15, 0.2) is 146 Å². The molecule has 2 N–H and O–H groups in total. The molecule has 0 saturated heterocycles. The predicted molar refractivity (Wildman–Crippen MR) is 173 cm³/mol. The molecule has 0 amide bonds. The van der Waals surface area contributed by atoms with Gasteiger partial charge in [-0.05, 0) is 79.5 Å². The Hall–Kier alpha value is -5.34. The maximum Gasteiger partial charge on any atom is 0.0470 e. The quantitative estimate of drug-likeness (QED) is 0.230. The Morgan fingerprint density at radius 3 is 1.10 bits per heavy atom. The maximum absolute atomic E-state index is 3.75. The van der Waals surface area contributed by atoms with Gasteiger partial charge in [0, 0.05) is 33.5 Å². The molecule has 0 saturated carbocycles. The van der Waals surface area contributed by atoms with E-state index in [2.05, 4.69) is 156 Å². The number of nitrogens with one attached hydrogen (secondary N) is 2. The van der Waals surface area contributed by atoms with Gasteiger partial charge in [-0.25, -0.2) is 0 Å². The Morgan fingerprint density at radius 2 is 0.650 bits per heavy atom. The van der Waals surface area contributed by atoms with Crippen LogP contribution < -0.4 is 10.6 Å². The van der Waals surface area contributed by atoms with Gasteiger partial charge in [0.2, 0.25) is 0 Å². The van der Waals surface area contributed by atoms with E-state index in [1.807, 2.05) is 0 Å². The summed E-state index contributed by atoms with van der Waals surface area (Å²) < 4.78 is 0. The largest absolute Gasteiger partial charge is 0.355 e. The summed E-state index contributed by atoms with van der Waals surface area (Å²) in [6, 6.07) is 52.1. The van der Waals surface area contributed by atoms with Crippen molar-refractivity contribution in [2.45, 2.75) is 0 Å².